The van der Waals surface area contributed by atoms with Crippen LogP contribution in [0.15, 0.2) is 28.2 Å². The van der Waals surface area contributed by atoms with Gasteiger partial charge in [0.15, 0.2) is 22.5 Å². The molecule has 0 fully saturated rings. The number of rotatable bonds is 20. The fourth-order valence-electron chi connectivity index (χ4n) is 5.45. The Kier molecular flexibility index (Phi) is 17.0. The molecule has 0 amide bonds. The van der Waals surface area contributed by atoms with Crippen LogP contribution in [0.1, 0.15) is 119 Å². The molecule has 0 spiro atoms. The van der Waals surface area contributed by atoms with Gasteiger partial charge in [-0.05, 0) is 74.8 Å². The van der Waals surface area contributed by atoms with Crippen LogP contribution in [0.5, 0.6) is 0 Å². The lowest BCUT2D eigenvalue weighted by Gasteiger charge is -2.46. The van der Waals surface area contributed by atoms with Crippen molar-refractivity contribution in [2.24, 2.45) is 17.3 Å². The predicted molar refractivity (Wildman–Crippen MR) is 210 cm³/mol. The lowest BCUT2D eigenvalue weighted by atomic mass is 9.71. The first-order chi connectivity index (χ1) is 23.1. The quantitative estimate of drug-likeness (QED) is 0.0768. The third kappa shape index (κ3) is 13.8. The number of aliphatic carboxylic acids is 1. The zero-order valence-corrected chi connectivity index (χ0v) is 36.2. The fraction of sp³-hybridized carbons (Fsp3) is 0.725. The first kappa shape index (κ1) is 46.7. The molecule has 0 radical (unpaired) electrons. The summed E-state index contributed by atoms with van der Waals surface area (Å²) in [5, 5.41) is 20.0. The molecule has 1 aromatic rings. The van der Waals surface area contributed by atoms with Crippen LogP contribution in [0, 0.1) is 36.5 Å². The maximum atomic E-state index is 14.8. The van der Waals surface area contributed by atoms with Crippen molar-refractivity contribution in [3.63, 3.8) is 0 Å². The summed E-state index contributed by atoms with van der Waals surface area (Å²) in [5.74, 6) is 0.613. The van der Waals surface area contributed by atoms with E-state index in [1.165, 1.54) is 12.3 Å². The van der Waals surface area contributed by atoms with Gasteiger partial charge in [-0.1, -0.05) is 74.0 Å². The number of nitrogens with zero attached hydrogens (tertiary/aromatic N) is 1. The molecule has 51 heavy (non-hydrogen) atoms. The average Bonchev–Trinajstić information content (AvgIpc) is 3.39. The number of oxazole rings is 1. The van der Waals surface area contributed by atoms with Gasteiger partial charge in [-0.15, -0.1) is 12.3 Å². The number of aliphatic hydroxyl groups excluding tert-OH is 1. The second-order valence-electron chi connectivity index (χ2n) is 17.9. The van der Waals surface area contributed by atoms with Crippen LogP contribution in [0.4, 0.5) is 4.39 Å². The Morgan fingerprint density at radius 2 is 1.61 bits per heavy atom. The normalized spacial score (nSPS) is 17.0. The van der Waals surface area contributed by atoms with Crippen LogP contribution in [0.3, 0.4) is 0 Å². The number of carboxylic acids is 1. The summed E-state index contributed by atoms with van der Waals surface area (Å²) < 4.78 is 33.4. The van der Waals surface area contributed by atoms with Crippen molar-refractivity contribution in [2.45, 2.75) is 169 Å². The first-order valence-corrected chi connectivity index (χ1v) is 24.1. The van der Waals surface area contributed by atoms with Crippen molar-refractivity contribution in [3.8, 4) is 12.3 Å². The molecule has 0 aromatic carbocycles. The fourth-order valence-corrected chi connectivity index (χ4v) is 8.32. The van der Waals surface area contributed by atoms with Crippen molar-refractivity contribution < 1.29 is 37.5 Å². The van der Waals surface area contributed by atoms with Gasteiger partial charge in [0, 0.05) is 24.8 Å². The van der Waals surface area contributed by atoms with Crippen LogP contribution in [0.2, 0.25) is 36.3 Å². The van der Waals surface area contributed by atoms with Crippen molar-refractivity contribution >= 4 is 34.5 Å². The number of allylic oxidation sites excluding steroid dienone is 1. The second-order valence-corrected chi connectivity index (χ2v) is 27.4. The van der Waals surface area contributed by atoms with Gasteiger partial charge in [0.1, 0.15) is 29.7 Å². The smallest absolute Gasteiger partial charge is 0.305 e. The van der Waals surface area contributed by atoms with Gasteiger partial charge < -0.3 is 23.5 Å². The van der Waals surface area contributed by atoms with E-state index in [0.29, 0.717) is 11.6 Å². The minimum Gasteiger partial charge on any atom is -0.481 e. The third-order valence-corrected chi connectivity index (χ3v) is 20.0. The Balaban J connectivity index is 3.35. The average molecular weight is 750 g/mol. The van der Waals surface area contributed by atoms with E-state index in [4.69, 9.17) is 19.7 Å². The van der Waals surface area contributed by atoms with E-state index in [0.717, 1.165) is 24.8 Å². The summed E-state index contributed by atoms with van der Waals surface area (Å²) in [4.78, 5) is 31.0. The monoisotopic (exact) mass is 749 g/mol. The molecule has 1 rings (SSSR count). The Morgan fingerprint density at radius 1 is 1.06 bits per heavy atom. The van der Waals surface area contributed by atoms with Crippen LogP contribution in [-0.2, 0) is 18.4 Å². The Labute approximate surface area is 310 Å². The Hall–Kier alpha value is -2.37. The Morgan fingerprint density at radius 3 is 2.08 bits per heavy atom. The van der Waals surface area contributed by atoms with E-state index in [1.807, 2.05) is 13.0 Å². The molecule has 1 heterocycles. The van der Waals surface area contributed by atoms with E-state index in [-0.39, 0.29) is 41.0 Å². The van der Waals surface area contributed by atoms with Crippen molar-refractivity contribution in [2.75, 3.05) is 0 Å². The summed E-state index contributed by atoms with van der Waals surface area (Å²) in [6, 6.07) is 0. The third-order valence-electron chi connectivity index (χ3n) is 11.1. The number of hydrogen-bond acceptors (Lipinski definition) is 7. The maximum Gasteiger partial charge on any atom is 0.305 e. The number of aryl methyl sites for hydroxylation is 1. The highest BCUT2D eigenvalue weighted by molar-refractivity contribution is 6.74. The van der Waals surface area contributed by atoms with Gasteiger partial charge >= 0.3 is 5.97 Å². The molecule has 290 valence electrons. The molecule has 5 atom stereocenters. The molecule has 0 aliphatic rings. The van der Waals surface area contributed by atoms with Crippen molar-refractivity contribution in [1.29, 1.82) is 0 Å². The van der Waals surface area contributed by atoms with E-state index < -0.39 is 58.1 Å². The van der Waals surface area contributed by atoms with E-state index in [1.54, 1.807) is 20.8 Å². The molecule has 0 aliphatic carbocycles. The molecular formula is C40H68FNO7Si2. The molecule has 1 aromatic heterocycles. The highest BCUT2D eigenvalue weighted by Gasteiger charge is 2.50. The van der Waals surface area contributed by atoms with Gasteiger partial charge in [0.05, 0.1) is 24.5 Å². The standard InChI is InChI=1S/C40H68FNO7Si2/c1-17-19-31(37(46)40(11,12)34(25-35(44)45)48-50(13,14)38(5,6)7)36(49-51(15,16)39(8,9)10)28(3)21-18-20-27(2)22-23-33(43)32(41)24-30-26-47-29(4)42-30/h1,22,24,26,28,31,33-34,36,43H,18-21,23,25H2,2-16H3,(H,44,45)/b27-22+,32-24-/t28-,31+,33-,34-,36-/m0/s1. The highest BCUT2D eigenvalue weighted by atomic mass is 28.4. The predicted octanol–water partition coefficient (Wildman–Crippen LogP) is 10.3. The number of aliphatic hydroxyl groups is 1. The number of halogens is 1. The summed E-state index contributed by atoms with van der Waals surface area (Å²) in [6.07, 6.45) is 9.92. The molecule has 0 saturated heterocycles. The van der Waals surface area contributed by atoms with Crippen LogP contribution in [-0.4, -0.2) is 61.9 Å². The number of hydrogen-bond donors (Lipinski definition) is 2. The number of carboxylic acid groups (broad SMARTS) is 1. The lowest BCUT2D eigenvalue weighted by Crippen LogP contribution is -2.55. The number of Topliss-reactive ketones (excluding diaryl/α,β-unsaturated/α-hetero) is 1. The van der Waals surface area contributed by atoms with Crippen LogP contribution >= 0.6 is 0 Å². The highest BCUT2D eigenvalue weighted by Crippen LogP contribution is 2.44. The summed E-state index contributed by atoms with van der Waals surface area (Å²) in [6.45, 7) is 30.5. The number of carbonyl (C=O) groups is 2. The SMILES string of the molecule is C#CC[C@@H](C(=O)C(C)(C)[C@H](CC(=O)O)O[Si](C)(C)C(C)(C)C)[C@@H](O[Si](C)(C)C(C)(C)C)[C@@H](C)CCC/C(C)=C/C[C@H](O)/C(F)=C/c1coc(C)n1. The Bertz CT molecular complexity index is 1410. The van der Waals surface area contributed by atoms with E-state index >= 15 is 0 Å². The maximum absolute atomic E-state index is 14.8. The van der Waals surface area contributed by atoms with Gasteiger partial charge in [-0.3, -0.25) is 9.59 Å². The molecular weight excluding hydrogens is 682 g/mol. The van der Waals surface area contributed by atoms with Gasteiger partial charge in [0.25, 0.3) is 0 Å². The van der Waals surface area contributed by atoms with Crippen LogP contribution in [0.25, 0.3) is 6.08 Å². The summed E-state index contributed by atoms with van der Waals surface area (Å²) >= 11 is 0. The molecule has 11 heteroatoms. The summed E-state index contributed by atoms with van der Waals surface area (Å²) in [7, 11) is -4.85. The van der Waals surface area contributed by atoms with E-state index in [9.17, 15) is 24.2 Å². The lowest BCUT2D eigenvalue weighted by molar-refractivity contribution is -0.146. The summed E-state index contributed by atoms with van der Waals surface area (Å²) in [5.41, 5.74) is 0.184. The minimum absolute atomic E-state index is 0.0545. The number of terminal acetylenes is 1. The molecule has 2 N–H and O–H groups in total. The topological polar surface area (TPSA) is 119 Å². The molecule has 0 unspecified atom stereocenters. The zero-order chi connectivity index (χ0) is 39.8. The second kappa shape index (κ2) is 18.6. The molecule has 8 nitrogen and oxygen atoms in total. The van der Waals surface area contributed by atoms with E-state index in [2.05, 4.69) is 85.6 Å². The largest absolute Gasteiger partial charge is 0.481 e. The number of aromatic nitrogens is 1. The number of ketones is 1. The van der Waals surface area contributed by atoms with Gasteiger partial charge in [0.2, 0.25) is 0 Å². The minimum atomic E-state index is -2.45. The zero-order valence-electron chi connectivity index (χ0n) is 34.2. The molecule has 0 saturated carbocycles. The van der Waals surface area contributed by atoms with Crippen LogP contribution < -0.4 is 0 Å². The van der Waals surface area contributed by atoms with Gasteiger partial charge in [-0.2, -0.15) is 0 Å². The number of carbonyl (C=O) groups excluding carboxylic acids is 1. The van der Waals surface area contributed by atoms with Crippen molar-refractivity contribution in [1.82, 2.24) is 4.98 Å². The first-order valence-electron chi connectivity index (χ1n) is 18.3. The van der Waals surface area contributed by atoms with Gasteiger partial charge in [-0.25, -0.2) is 9.37 Å². The molecule has 0 aliphatic heterocycles. The molecule has 0 bridgehead atoms. The van der Waals surface area contributed by atoms with Crippen molar-refractivity contribution in [3.05, 3.63) is 35.3 Å².